The summed E-state index contributed by atoms with van der Waals surface area (Å²) in [5.41, 5.74) is 0. The van der Waals surface area contributed by atoms with E-state index in [0.717, 1.165) is 0 Å². The van der Waals surface area contributed by atoms with E-state index in [9.17, 15) is 9.59 Å². The lowest BCUT2D eigenvalue weighted by atomic mass is 10.0. The second kappa shape index (κ2) is 6.40. The van der Waals surface area contributed by atoms with Crippen LogP contribution < -0.4 is 10.6 Å². The van der Waals surface area contributed by atoms with Crippen LogP contribution in [0.15, 0.2) is 0 Å². The molecule has 0 fully saturated rings. The monoisotopic (exact) mass is 215 g/mol. The third-order valence-corrected chi connectivity index (χ3v) is 2.03. The number of carbonyl (C=O) groups is 2. The number of amides is 2. The van der Waals surface area contributed by atoms with E-state index in [2.05, 4.69) is 10.6 Å². The van der Waals surface area contributed by atoms with Gasteiger partial charge in [0, 0.05) is 14.1 Å². The van der Waals surface area contributed by atoms with Gasteiger partial charge in [-0.3, -0.25) is 9.59 Å². The molecule has 2 amide bonds. The van der Waals surface area contributed by atoms with Gasteiger partial charge in [0.15, 0.2) is 0 Å². The third-order valence-electron chi connectivity index (χ3n) is 2.03. The molecule has 2 N–H and O–H groups in total. The van der Waals surface area contributed by atoms with E-state index >= 15 is 0 Å². The average molecular weight is 215 g/mol. The van der Waals surface area contributed by atoms with Crippen LogP contribution in [0.4, 0.5) is 0 Å². The van der Waals surface area contributed by atoms with Crippen molar-refractivity contribution >= 4 is 11.8 Å². The molecule has 0 spiro atoms. The van der Waals surface area contributed by atoms with Gasteiger partial charge in [-0.2, -0.15) is 0 Å². The number of likely N-dealkylation sites (N-methyl/N-ethyl adjacent to an activating group) is 2. The molecule has 0 aliphatic heterocycles. The van der Waals surface area contributed by atoms with Gasteiger partial charge in [-0.05, 0) is 13.0 Å². The van der Waals surface area contributed by atoms with Crippen molar-refractivity contribution in [2.75, 3.05) is 27.7 Å². The average Bonchev–Trinajstić information content (AvgIpc) is 2.13. The van der Waals surface area contributed by atoms with E-state index in [4.69, 9.17) is 0 Å². The molecule has 1 unspecified atom stereocenters. The Kier molecular flexibility index (Phi) is 5.93. The second-order valence-electron chi connectivity index (χ2n) is 4.05. The maximum atomic E-state index is 11.7. The fourth-order valence-corrected chi connectivity index (χ4v) is 1.18. The Morgan fingerprint density at radius 3 is 2.13 bits per heavy atom. The molecule has 0 rings (SSSR count). The van der Waals surface area contributed by atoms with Crippen LogP contribution in [0.25, 0.3) is 0 Å². The van der Waals surface area contributed by atoms with Gasteiger partial charge in [-0.25, -0.2) is 0 Å². The SMILES string of the molecule is CNCC(=O)NC(C(=O)N(C)C)C(C)C. The normalized spacial score (nSPS) is 12.4. The summed E-state index contributed by atoms with van der Waals surface area (Å²) >= 11 is 0. The summed E-state index contributed by atoms with van der Waals surface area (Å²) in [4.78, 5) is 24.5. The quantitative estimate of drug-likeness (QED) is 0.646. The van der Waals surface area contributed by atoms with Crippen LogP contribution in [0, 0.1) is 5.92 Å². The molecule has 0 aromatic rings. The molecule has 0 aliphatic carbocycles. The van der Waals surface area contributed by atoms with Gasteiger partial charge in [-0.1, -0.05) is 13.8 Å². The highest BCUT2D eigenvalue weighted by Gasteiger charge is 2.24. The number of carbonyl (C=O) groups excluding carboxylic acids is 2. The zero-order valence-corrected chi connectivity index (χ0v) is 10.1. The van der Waals surface area contributed by atoms with Crippen LogP contribution in [-0.4, -0.2) is 50.4 Å². The molecule has 0 radical (unpaired) electrons. The smallest absolute Gasteiger partial charge is 0.244 e. The van der Waals surface area contributed by atoms with Crippen LogP contribution in [-0.2, 0) is 9.59 Å². The van der Waals surface area contributed by atoms with Gasteiger partial charge in [0.25, 0.3) is 0 Å². The van der Waals surface area contributed by atoms with Gasteiger partial charge >= 0.3 is 0 Å². The molecule has 88 valence electrons. The molecule has 0 aliphatic rings. The first-order valence-corrected chi connectivity index (χ1v) is 5.05. The molecule has 0 saturated carbocycles. The standard InChI is InChI=1S/C10H21N3O2/c1-7(2)9(10(15)13(4)5)12-8(14)6-11-3/h7,9,11H,6H2,1-5H3,(H,12,14). The lowest BCUT2D eigenvalue weighted by molar-refractivity contribution is -0.135. The number of nitrogens with zero attached hydrogens (tertiary/aromatic N) is 1. The van der Waals surface area contributed by atoms with E-state index in [-0.39, 0.29) is 24.3 Å². The first-order valence-electron chi connectivity index (χ1n) is 5.05. The van der Waals surface area contributed by atoms with Crippen LogP contribution in [0.5, 0.6) is 0 Å². The summed E-state index contributed by atoms with van der Waals surface area (Å²) in [6.07, 6.45) is 0. The van der Waals surface area contributed by atoms with Gasteiger partial charge in [0.05, 0.1) is 6.54 Å². The van der Waals surface area contributed by atoms with Gasteiger partial charge in [0.1, 0.15) is 6.04 Å². The van der Waals surface area contributed by atoms with Crippen LogP contribution in [0.1, 0.15) is 13.8 Å². The van der Waals surface area contributed by atoms with E-state index < -0.39 is 6.04 Å². The van der Waals surface area contributed by atoms with Crippen molar-refractivity contribution in [2.24, 2.45) is 5.92 Å². The molecule has 15 heavy (non-hydrogen) atoms. The zero-order chi connectivity index (χ0) is 12.0. The number of hydrogen-bond acceptors (Lipinski definition) is 3. The Labute approximate surface area is 91.2 Å². The van der Waals surface area contributed by atoms with Crippen molar-refractivity contribution in [3.8, 4) is 0 Å². The Bertz CT molecular complexity index is 227. The molecule has 0 heterocycles. The molecule has 0 aromatic heterocycles. The van der Waals surface area contributed by atoms with Crippen LogP contribution in [0.3, 0.4) is 0 Å². The molecular formula is C10H21N3O2. The maximum absolute atomic E-state index is 11.7. The van der Waals surface area contributed by atoms with Gasteiger partial charge in [0.2, 0.25) is 11.8 Å². The predicted octanol–water partition coefficient (Wildman–Crippen LogP) is -0.565. The number of hydrogen-bond donors (Lipinski definition) is 2. The second-order valence-corrected chi connectivity index (χ2v) is 4.05. The van der Waals surface area contributed by atoms with Crippen molar-refractivity contribution in [2.45, 2.75) is 19.9 Å². The minimum Gasteiger partial charge on any atom is -0.347 e. The fraction of sp³-hybridized carbons (Fsp3) is 0.800. The Morgan fingerprint density at radius 2 is 1.80 bits per heavy atom. The first kappa shape index (κ1) is 13.9. The molecule has 0 bridgehead atoms. The molecule has 5 nitrogen and oxygen atoms in total. The fourth-order valence-electron chi connectivity index (χ4n) is 1.18. The summed E-state index contributed by atoms with van der Waals surface area (Å²) in [5.74, 6) is -0.151. The van der Waals surface area contributed by atoms with Crippen LogP contribution in [0.2, 0.25) is 0 Å². The van der Waals surface area contributed by atoms with Crippen molar-refractivity contribution in [3.05, 3.63) is 0 Å². The topological polar surface area (TPSA) is 61.4 Å². The Morgan fingerprint density at radius 1 is 1.27 bits per heavy atom. The molecule has 1 atom stereocenters. The van der Waals surface area contributed by atoms with Crippen molar-refractivity contribution in [1.29, 1.82) is 0 Å². The van der Waals surface area contributed by atoms with E-state index in [1.807, 2.05) is 13.8 Å². The lowest BCUT2D eigenvalue weighted by Crippen LogP contribution is -2.50. The minimum absolute atomic E-state index is 0.0746. The highest BCUT2D eigenvalue weighted by Crippen LogP contribution is 2.04. The molecular weight excluding hydrogens is 194 g/mol. The van der Waals surface area contributed by atoms with Gasteiger partial charge < -0.3 is 15.5 Å². The van der Waals surface area contributed by atoms with Crippen molar-refractivity contribution < 1.29 is 9.59 Å². The number of nitrogens with one attached hydrogen (secondary N) is 2. The third kappa shape index (κ3) is 4.78. The first-order chi connectivity index (χ1) is 6.90. The highest BCUT2D eigenvalue weighted by molar-refractivity contribution is 5.88. The van der Waals surface area contributed by atoms with E-state index in [0.29, 0.717) is 0 Å². The molecule has 0 saturated heterocycles. The summed E-state index contributed by atoms with van der Waals surface area (Å²) < 4.78 is 0. The summed E-state index contributed by atoms with van der Waals surface area (Å²) in [7, 11) is 5.06. The Hall–Kier alpha value is -1.10. The number of rotatable bonds is 5. The van der Waals surface area contributed by atoms with Crippen LogP contribution >= 0.6 is 0 Å². The van der Waals surface area contributed by atoms with Gasteiger partial charge in [-0.15, -0.1) is 0 Å². The maximum Gasteiger partial charge on any atom is 0.244 e. The van der Waals surface area contributed by atoms with E-state index in [1.165, 1.54) is 4.90 Å². The lowest BCUT2D eigenvalue weighted by Gasteiger charge is -2.24. The predicted molar refractivity (Wildman–Crippen MR) is 59.4 cm³/mol. The summed E-state index contributed by atoms with van der Waals surface area (Å²) in [5, 5.41) is 5.45. The highest BCUT2D eigenvalue weighted by atomic mass is 16.2. The Balaban J connectivity index is 4.41. The molecule has 5 heteroatoms. The summed E-state index contributed by atoms with van der Waals surface area (Å²) in [6.45, 7) is 4.04. The van der Waals surface area contributed by atoms with E-state index in [1.54, 1.807) is 21.1 Å². The minimum atomic E-state index is -0.444. The molecule has 0 aromatic carbocycles. The van der Waals surface area contributed by atoms with Crippen molar-refractivity contribution in [3.63, 3.8) is 0 Å². The van der Waals surface area contributed by atoms with Crippen molar-refractivity contribution in [1.82, 2.24) is 15.5 Å². The zero-order valence-electron chi connectivity index (χ0n) is 10.1. The largest absolute Gasteiger partial charge is 0.347 e. The summed E-state index contributed by atoms with van der Waals surface area (Å²) in [6, 6.07) is -0.444.